The van der Waals surface area contributed by atoms with Gasteiger partial charge in [0.1, 0.15) is 12.4 Å². The average molecular weight is 241 g/mol. The van der Waals surface area contributed by atoms with Crippen molar-refractivity contribution in [3.05, 3.63) is 54.9 Å². The molecule has 1 aliphatic heterocycles. The van der Waals surface area contributed by atoms with E-state index in [4.69, 9.17) is 4.74 Å². The van der Waals surface area contributed by atoms with Crippen molar-refractivity contribution < 1.29 is 4.74 Å². The monoisotopic (exact) mass is 241 g/mol. The molecular formula is C14H15N3O. The summed E-state index contributed by atoms with van der Waals surface area (Å²) in [6.07, 6.45) is 5.57. The van der Waals surface area contributed by atoms with Crippen molar-refractivity contribution in [1.29, 1.82) is 0 Å². The lowest BCUT2D eigenvalue weighted by Crippen LogP contribution is -2.15. The number of nitrogens with one attached hydrogen (secondary N) is 1. The van der Waals surface area contributed by atoms with Crippen molar-refractivity contribution in [2.45, 2.75) is 12.6 Å². The Morgan fingerprint density at radius 3 is 3.28 bits per heavy atom. The highest BCUT2D eigenvalue weighted by atomic mass is 16.5. The van der Waals surface area contributed by atoms with Crippen molar-refractivity contribution in [1.82, 2.24) is 9.55 Å². The van der Waals surface area contributed by atoms with Gasteiger partial charge in [-0.15, -0.1) is 6.58 Å². The lowest BCUT2D eigenvalue weighted by molar-refractivity contribution is 0.339. The van der Waals surface area contributed by atoms with Crippen LogP contribution in [0.1, 0.15) is 11.6 Å². The second-order valence-corrected chi connectivity index (χ2v) is 4.24. The van der Waals surface area contributed by atoms with Crippen LogP contribution in [0.15, 0.2) is 49.3 Å². The zero-order chi connectivity index (χ0) is 12.4. The molecule has 92 valence electrons. The predicted molar refractivity (Wildman–Crippen MR) is 70.7 cm³/mol. The van der Waals surface area contributed by atoms with Crippen LogP contribution in [0.2, 0.25) is 0 Å². The van der Waals surface area contributed by atoms with Gasteiger partial charge in [-0.05, 0) is 6.07 Å². The van der Waals surface area contributed by atoms with Crippen LogP contribution in [0, 0.1) is 0 Å². The highest BCUT2D eigenvalue weighted by Gasteiger charge is 2.24. The number of nitrogens with zero attached hydrogens (tertiary/aromatic N) is 2. The third-order valence-electron chi connectivity index (χ3n) is 3.04. The first kappa shape index (κ1) is 10.9. The Hall–Kier alpha value is -2.23. The molecular weight excluding hydrogens is 226 g/mol. The van der Waals surface area contributed by atoms with E-state index in [1.807, 2.05) is 35.0 Å². The third kappa shape index (κ3) is 1.86. The molecule has 0 saturated carbocycles. The van der Waals surface area contributed by atoms with Gasteiger partial charge in [-0.25, -0.2) is 4.98 Å². The quantitative estimate of drug-likeness (QED) is 0.836. The van der Waals surface area contributed by atoms with E-state index in [1.54, 1.807) is 6.20 Å². The van der Waals surface area contributed by atoms with Gasteiger partial charge in [-0.3, -0.25) is 0 Å². The second kappa shape index (κ2) is 4.56. The normalized spacial score (nSPS) is 17.0. The van der Waals surface area contributed by atoms with Crippen LogP contribution in [-0.2, 0) is 6.54 Å². The summed E-state index contributed by atoms with van der Waals surface area (Å²) >= 11 is 0. The maximum Gasteiger partial charge on any atom is 0.203 e. The Bertz CT molecular complexity index is 562. The molecule has 0 spiro atoms. The summed E-state index contributed by atoms with van der Waals surface area (Å²) in [7, 11) is 0. The Labute approximate surface area is 106 Å². The number of ether oxygens (including phenoxy) is 1. The molecule has 4 heteroatoms. The number of anilines is 1. The minimum atomic E-state index is 0.159. The molecule has 0 amide bonds. The van der Waals surface area contributed by atoms with E-state index in [1.165, 1.54) is 5.56 Å². The Balaban J connectivity index is 1.82. The number of fused-ring (bicyclic) bond motifs is 1. The summed E-state index contributed by atoms with van der Waals surface area (Å²) in [6.45, 7) is 5.13. The Kier molecular flexibility index (Phi) is 2.76. The maximum atomic E-state index is 5.64. The van der Waals surface area contributed by atoms with Gasteiger partial charge < -0.3 is 14.6 Å². The highest BCUT2D eigenvalue weighted by Crippen LogP contribution is 2.33. The summed E-state index contributed by atoms with van der Waals surface area (Å²) in [5.41, 5.74) is 1.19. The van der Waals surface area contributed by atoms with Crippen LogP contribution >= 0.6 is 0 Å². The molecule has 1 unspecified atom stereocenters. The minimum absolute atomic E-state index is 0.159. The molecule has 1 atom stereocenters. The number of para-hydroxylation sites is 1. The molecule has 0 fully saturated rings. The van der Waals surface area contributed by atoms with Crippen LogP contribution in [0.5, 0.6) is 5.75 Å². The lowest BCUT2D eigenvalue weighted by atomic mass is 10.1. The van der Waals surface area contributed by atoms with E-state index < -0.39 is 0 Å². The average Bonchev–Trinajstić information content (AvgIpc) is 2.99. The first-order chi connectivity index (χ1) is 8.88. The third-order valence-corrected chi connectivity index (χ3v) is 3.04. The number of aromatic nitrogens is 2. The van der Waals surface area contributed by atoms with Crippen LogP contribution in [-0.4, -0.2) is 16.2 Å². The summed E-state index contributed by atoms with van der Waals surface area (Å²) in [5.74, 6) is 1.80. The molecule has 1 aliphatic rings. The maximum absolute atomic E-state index is 5.64. The van der Waals surface area contributed by atoms with Crippen molar-refractivity contribution in [2.75, 3.05) is 11.9 Å². The fourth-order valence-electron chi connectivity index (χ4n) is 2.17. The summed E-state index contributed by atoms with van der Waals surface area (Å²) in [5, 5.41) is 3.41. The van der Waals surface area contributed by atoms with Gasteiger partial charge in [0.25, 0.3) is 0 Å². The van der Waals surface area contributed by atoms with Crippen LogP contribution in [0.4, 0.5) is 5.95 Å². The summed E-state index contributed by atoms with van der Waals surface area (Å²) in [6, 6.07) is 8.25. The van der Waals surface area contributed by atoms with E-state index in [-0.39, 0.29) is 6.04 Å². The van der Waals surface area contributed by atoms with E-state index in [2.05, 4.69) is 22.9 Å². The zero-order valence-corrected chi connectivity index (χ0v) is 10.0. The van der Waals surface area contributed by atoms with E-state index in [9.17, 15) is 0 Å². The van der Waals surface area contributed by atoms with Crippen molar-refractivity contribution in [3.8, 4) is 5.75 Å². The first-order valence-corrected chi connectivity index (χ1v) is 5.99. The smallest absolute Gasteiger partial charge is 0.203 e. The van der Waals surface area contributed by atoms with Gasteiger partial charge in [0.05, 0.1) is 6.04 Å². The molecule has 0 radical (unpaired) electrons. The number of benzene rings is 1. The van der Waals surface area contributed by atoms with Crippen LogP contribution in [0.25, 0.3) is 0 Å². The van der Waals surface area contributed by atoms with Gasteiger partial charge in [-0.2, -0.15) is 0 Å². The number of hydrogen-bond acceptors (Lipinski definition) is 3. The van der Waals surface area contributed by atoms with Gasteiger partial charge in [-0.1, -0.05) is 24.3 Å². The van der Waals surface area contributed by atoms with E-state index in [0.717, 1.165) is 18.2 Å². The number of imidazole rings is 1. The molecule has 0 aliphatic carbocycles. The standard InChI is InChI=1S/C14H15N3O/c1-2-8-17-9-7-15-14(17)16-12-10-18-13-6-4-3-5-11(12)13/h2-7,9,12H,1,8,10H2,(H,15,16). The molecule has 4 nitrogen and oxygen atoms in total. The number of hydrogen-bond donors (Lipinski definition) is 1. The summed E-state index contributed by atoms with van der Waals surface area (Å²) in [4.78, 5) is 4.32. The predicted octanol–water partition coefficient (Wildman–Crippen LogP) is 2.61. The van der Waals surface area contributed by atoms with Crippen molar-refractivity contribution >= 4 is 5.95 Å². The molecule has 2 heterocycles. The topological polar surface area (TPSA) is 39.1 Å². The molecule has 1 aromatic carbocycles. The van der Waals surface area contributed by atoms with Crippen molar-refractivity contribution in [3.63, 3.8) is 0 Å². The minimum Gasteiger partial charge on any atom is -0.491 e. The number of allylic oxidation sites excluding steroid dienone is 1. The fraction of sp³-hybridized carbons (Fsp3) is 0.214. The Morgan fingerprint density at radius 1 is 1.50 bits per heavy atom. The molecule has 0 bridgehead atoms. The lowest BCUT2D eigenvalue weighted by Gasteiger charge is -2.13. The van der Waals surface area contributed by atoms with Crippen LogP contribution in [0.3, 0.4) is 0 Å². The first-order valence-electron chi connectivity index (χ1n) is 5.99. The fourth-order valence-corrected chi connectivity index (χ4v) is 2.17. The van der Waals surface area contributed by atoms with Gasteiger partial charge in [0.2, 0.25) is 5.95 Å². The SMILES string of the molecule is C=CCn1ccnc1NC1COc2ccccc21. The van der Waals surface area contributed by atoms with Crippen molar-refractivity contribution in [2.24, 2.45) is 0 Å². The molecule has 0 saturated heterocycles. The molecule has 2 aromatic rings. The highest BCUT2D eigenvalue weighted by molar-refractivity contribution is 5.44. The van der Waals surface area contributed by atoms with Gasteiger partial charge in [0, 0.05) is 24.5 Å². The second-order valence-electron chi connectivity index (χ2n) is 4.24. The Morgan fingerprint density at radius 2 is 2.39 bits per heavy atom. The van der Waals surface area contributed by atoms with E-state index >= 15 is 0 Å². The largest absolute Gasteiger partial charge is 0.491 e. The van der Waals surface area contributed by atoms with E-state index in [0.29, 0.717) is 6.61 Å². The molecule has 18 heavy (non-hydrogen) atoms. The zero-order valence-electron chi connectivity index (χ0n) is 10.0. The van der Waals surface area contributed by atoms with Gasteiger partial charge >= 0.3 is 0 Å². The van der Waals surface area contributed by atoms with Crippen LogP contribution < -0.4 is 10.1 Å². The van der Waals surface area contributed by atoms with Gasteiger partial charge in [0.15, 0.2) is 0 Å². The number of rotatable bonds is 4. The molecule has 1 aromatic heterocycles. The molecule has 1 N–H and O–H groups in total. The molecule has 3 rings (SSSR count). The summed E-state index contributed by atoms with van der Waals surface area (Å²) < 4.78 is 7.66.